The fourth-order valence-corrected chi connectivity index (χ4v) is 2.16. The predicted octanol–water partition coefficient (Wildman–Crippen LogP) is -0.277. The van der Waals surface area contributed by atoms with Crippen LogP contribution in [0.4, 0.5) is 0 Å². The molecule has 110 valence electrons. The molecule has 2 amide bonds. The number of nitrogens with zero attached hydrogens (tertiary/aromatic N) is 1. The largest absolute Gasteiger partial charge is 0.379 e. The molecule has 1 fully saturated rings. The molecule has 0 aromatic carbocycles. The second kappa shape index (κ2) is 6.34. The van der Waals surface area contributed by atoms with Crippen LogP contribution in [0.3, 0.4) is 0 Å². The maximum absolute atomic E-state index is 12.2. The van der Waals surface area contributed by atoms with Crippen LogP contribution in [0, 0.1) is 5.41 Å². The molecule has 3 atom stereocenters. The number of likely N-dealkylation sites (N-methyl/N-ethyl adjacent to an activating group) is 1. The number of nitrogens with one attached hydrogen (secondary N) is 1. The Labute approximate surface area is 114 Å². The third-order valence-corrected chi connectivity index (χ3v) is 3.83. The van der Waals surface area contributed by atoms with Gasteiger partial charge >= 0.3 is 0 Å². The van der Waals surface area contributed by atoms with Crippen molar-refractivity contribution < 1.29 is 14.3 Å². The minimum atomic E-state index is -0.752. The molecule has 1 aliphatic heterocycles. The summed E-state index contributed by atoms with van der Waals surface area (Å²) in [4.78, 5) is 26.0. The molecule has 6 nitrogen and oxygen atoms in total. The lowest BCUT2D eigenvalue weighted by molar-refractivity contribution is -0.139. The normalized spacial score (nSPS) is 27.9. The van der Waals surface area contributed by atoms with E-state index in [9.17, 15) is 9.59 Å². The van der Waals surface area contributed by atoms with Gasteiger partial charge in [-0.25, -0.2) is 0 Å². The molecule has 0 spiro atoms. The Kier molecular flexibility index (Phi) is 5.31. The minimum Gasteiger partial charge on any atom is -0.379 e. The molecule has 0 aliphatic carbocycles. The van der Waals surface area contributed by atoms with E-state index in [2.05, 4.69) is 5.32 Å². The number of ether oxygens (including phenoxy) is 1. The second-order valence-electron chi connectivity index (χ2n) is 5.24. The minimum absolute atomic E-state index is 0.0746. The molecule has 3 N–H and O–H groups in total. The van der Waals surface area contributed by atoms with E-state index in [1.54, 1.807) is 18.7 Å². The van der Waals surface area contributed by atoms with Crippen molar-refractivity contribution in [2.45, 2.75) is 39.8 Å². The zero-order valence-electron chi connectivity index (χ0n) is 12.2. The first-order chi connectivity index (χ1) is 8.86. The number of hydrogen-bond donors (Lipinski definition) is 2. The highest BCUT2D eigenvalue weighted by molar-refractivity contribution is 5.90. The van der Waals surface area contributed by atoms with Gasteiger partial charge in [0.1, 0.15) is 6.04 Å². The summed E-state index contributed by atoms with van der Waals surface area (Å²) >= 11 is 0. The zero-order valence-corrected chi connectivity index (χ0v) is 12.2. The highest BCUT2D eigenvalue weighted by Gasteiger charge is 2.45. The molecule has 19 heavy (non-hydrogen) atoms. The Balaban J connectivity index is 2.64. The van der Waals surface area contributed by atoms with Crippen molar-refractivity contribution in [2.24, 2.45) is 11.1 Å². The molecule has 1 saturated heterocycles. The number of rotatable bonds is 5. The summed E-state index contributed by atoms with van der Waals surface area (Å²) in [6.45, 7) is 9.24. The van der Waals surface area contributed by atoms with Crippen LogP contribution in [-0.2, 0) is 14.3 Å². The molecule has 6 heteroatoms. The molecule has 0 aromatic rings. The predicted molar refractivity (Wildman–Crippen MR) is 72.4 cm³/mol. The van der Waals surface area contributed by atoms with E-state index in [-0.39, 0.29) is 17.9 Å². The van der Waals surface area contributed by atoms with Gasteiger partial charge in [0.05, 0.1) is 18.6 Å². The molecule has 0 bridgehead atoms. The van der Waals surface area contributed by atoms with Crippen molar-refractivity contribution in [1.82, 2.24) is 10.2 Å². The van der Waals surface area contributed by atoms with Crippen LogP contribution in [0.25, 0.3) is 0 Å². The van der Waals surface area contributed by atoms with Crippen molar-refractivity contribution in [3.63, 3.8) is 0 Å². The van der Waals surface area contributed by atoms with Crippen LogP contribution in [0.1, 0.15) is 27.7 Å². The van der Waals surface area contributed by atoms with Crippen LogP contribution < -0.4 is 11.1 Å². The number of amides is 2. The third kappa shape index (κ3) is 3.25. The Morgan fingerprint density at radius 3 is 2.47 bits per heavy atom. The van der Waals surface area contributed by atoms with Crippen molar-refractivity contribution >= 4 is 11.8 Å². The maximum atomic E-state index is 12.2. The lowest BCUT2D eigenvalue weighted by Crippen LogP contribution is -2.55. The summed E-state index contributed by atoms with van der Waals surface area (Å²) in [5, 5.41) is 2.75. The fraction of sp³-hybridized carbons (Fsp3) is 0.846. The molecular weight excluding hydrogens is 246 g/mol. The van der Waals surface area contributed by atoms with E-state index in [1.807, 2.05) is 13.8 Å². The molecule has 1 heterocycles. The number of carbonyl (C=O) groups is 2. The van der Waals surface area contributed by atoms with Gasteiger partial charge in [-0.1, -0.05) is 0 Å². The third-order valence-electron chi connectivity index (χ3n) is 3.83. The lowest BCUT2D eigenvalue weighted by Gasteiger charge is -2.29. The van der Waals surface area contributed by atoms with Gasteiger partial charge in [0.2, 0.25) is 11.8 Å². The Morgan fingerprint density at radius 2 is 2.05 bits per heavy atom. The van der Waals surface area contributed by atoms with Gasteiger partial charge in [-0.15, -0.1) is 0 Å². The molecule has 0 radical (unpaired) electrons. The summed E-state index contributed by atoms with van der Waals surface area (Å²) in [5.41, 5.74) is 5.14. The summed E-state index contributed by atoms with van der Waals surface area (Å²) < 4.78 is 5.24. The number of nitrogens with two attached hydrogens (primary N) is 1. The van der Waals surface area contributed by atoms with Crippen LogP contribution in [0.5, 0.6) is 0 Å². The molecule has 0 aromatic heterocycles. The molecular formula is C13H25N3O3. The second-order valence-corrected chi connectivity index (χ2v) is 5.24. The molecule has 3 unspecified atom stereocenters. The van der Waals surface area contributed by atoms with E-state index >= 15 is 0 Å². The van der Waals surface area contributed by atoms with Gasteiger partial charge in [0.15, 0.2) is 0 Å². The zero-order chi connectivity index (χ0) is 14.6. The van der Waals surface area contributed by atoms with Crippen molar-refractivity contribution in [2.75, 3.05) is 26.3 Å². The van der Waals surface area contributed by atoms with Gasteiger partial charge < -0.3 is 20.7 Å². The van der Waals surface area contributed by atoms with E-state index in [1.165, 1.54) is 0 Å². The van der Waals surface area contributed by atoms with Gasteiger partial charge in [-0.2, -0.15) is 0 Å². The first-order valence-electron chi connectivity index (χ1n) is 6.79. The van der Waals surface area contributed by atoms with Crippen molar-refractivity contribution in [3.8, 4) is 0 Å². The topological polar surface area (TPSA) is 84.7 Å². The monoisotopic (exact) mass is 271 g/mol. The first kappa shape index (κ1) is 15.9. The number of carbonyl (C=O) groups excluding carboxylic acids is 2. The summed E-state index contributed by atoms with van der Waals surface area (Å²) in [7, 11) is 0. The Bertz CT molecular complexity index is 344. The van der Waals surface area contributed by atoms with Crippen LogP contribution in [0.15, 0.2) is 0 Å². The highest BCUT2D eigenvalue weighted by atomic mass is 16.5. The van der Waals surface area contributed by atoms with E-state index < -0.39 is 11.5 Å². The van der Waals surface area contributed by atoms with Crippen LogP contribution >= 0.6 is 0 Å². The van der Waals surface area contributed by atoms with Crippen molar-refractivity contribution in [3.05, 3.63) is 0 Å². The van der Waals surface area contributed by atoms with Gasteiger partial charge in [-0.05, 0) is 27.7 Å². The lowest BCUT2D eigenvalue weighted by atomic mass is 9.84. The fourth-order valence-electron chi connectivity index (χ4n) is 2.16. The summed E-state index contributed by atoms with van der Waals surface area (Å²) in [5.74, 6) is -0.292. The van der Waals surface area contributed by atoms with E-state index in [4.69, 9.17) is 10.5 Å². The highest BCUT2D eigenvalue weighted by Crippen LogP contribution is 2.27. The molecule has 1 aliphatic rings. The van der Waals surface area contributed by atoms with Crippen molar-refractivity contribution in [1.29, 1.82) is 0 Å². The van der Waals surface area contributed by atoms with Gasteiger partial charge in [0, 0.05) is 19.1 Å². The first-order valence-corrected chi connectivity index (χ1v) is 6.79. The SMILES string of the molecule is CCN(CC)C(=O)C(C)NC(=O)C1(C)COCC1N. The van der Waals surface area contributed by atoms with E-state index in [0.717, 1.165) is 0 Å². The smallest absolute Gasteiger partial charge is 0.244 e. The number of hydrogen-bond acceptors (Lipinski definition) is 4. The van der Waals surface area contributed by atoms with Gasteiger partial charge in [-0.3, -0.25) is 9.59 Å². The maximum Gasteiger partial charge on any atom is 0.244 e. The average molecular weight is 271 g/mol. The Morgan fingerprint density at radius 1 is 1.47 bits per heavy atom. The van der Waals surface area contributed by atoms with Crippen LogP contribution in [-0.4, -0.2) is 55.1 Å². The summed E-state index contributed by atoms with van der Waals surface area (Å²) in [6, 6.07) is -0.875. The molecule has 1 rings (SSSR count). The Hall–Kier alpha value is -1.14. The van der Waals surface area contributed by atoms with Gasteiger partial charge in [0.25, 0.3) is 0 Å². The quantitative estimate of drug-likeness (QED) is 0.720. The average Bonchev–Trinajstić information content (AvgIpc) is 2.72. The summed E-state index contributed by atoms with van der Waals surface area (Å²) in [6.07, 6.45) is 0. The molecule has 0 saturated carbocycles. The van der Waals surface area contributed by atoms with E-state index in [0.29, 0.717) is 26.3 Å². The van der Waals surface area contributed by atoms with Crippen LogP contribution in [0.2, 0.25) is 0 Å². The standard InChI is InChI=1S/C13H25N3O3/c1-5-16(6-2)11(17)9(3)15-12(18)13(4)8-19-7-10(13)14/h9-10H,5-8,14H2,1-4H3,(H,15,18).